The first-order chi connectivity index (χ1) is 8.55. The highest BCUT2D eigenvalue weighted by Gasteiger charge is 2.12. The van der Waals surface area contributed by atoms with Crippen LogP contribution in [0, 0.1) is 0 Å². The summed E-state index contributed by atoms with van der Waals surface area (Å²) in [6, 6.07) is 0. The molecule has 6 nitrogen and oxygen atoms in total. The number of hydrogen-bond donors (Lipinski definition) is 2. The minimum atomic E-state index is -2.48. The number of carbonyl (C=O) groups excluding carboxylic acids is 1. The van der Waals surface area contributed by atoms with Crippen LogP contribution in [0.4, 0.5) is 14.5 Å². The van der Waals surface area contributed by atoms with Gasteiger partial charge in [-0.05, 0) is 0 Å². The number of anilines is 1. The smallest absolute Gasteiger partial charge is 0.257 e. The van der Waals surface area contributed by atoms with E-state index in [1.807, 2.05) is 0 Å². The number of ether oxygens (including phenoxy) is 1. The molecule has 1 aromatic rings. The molecular formula is C10H16F2N4O2. The average Bonchev–Trinajstić information content (AvgIpc) is 2.72. The van der Waals surface area contributed by atoms with Crippen LogP contribution in [-0.2, 0) is 16.1 Å². The highest BCUT2D eigenvalue weighted by molar-refractivity contribution is 5.90. The number of halogens is 2. The van der Waals surface area contributed by atoms with Gasteiger partial charge in [0.1, 0.15) is 6.54 Å². The summed E-state index contributed by atoms with van der Waals surface area (Å²) in [6.45, 7) is -0.270. The Labute approximate surface area is 103 Å². The van der Waals surface area contributed by atoms with Crippen LogP contribution in [0.3, 0.4) is 0 Å². The summed E-state index contributed by atoms with van der Waals surface area (Å²) >= 11 is 0. The van der Waals surface area contributed by atoms with Crippen molar-refractivity contribution >= 4 is 11.6 Å². The maximum Gasteiger partial charge on any atom is 0.257 e. The molecule has 8 heteroatoms. The van der Waals surface area contributed by atoms with Crippen molar-refractivity contribution < 1.29 is 18.3 Å². The second-order valence-corrected chi connectivity index (χ2v) is 3.69. The Hall–Kier alpha value is -1.54. The third-order valence-electron chi connectivity index (χ3n) is 2.25. The summed E-state index contributed by atoms with van der Waals surface area (Å²) < 4.78 is 30.2. The quantitative estimate of drug-likeness (QED) is 0.747. The van der Waals surface area contributed by atoms with Crippen molar-refractivity contribution in [2.75, 3.05) is 19.0 Å². The Bertz CT molecular complexity index is 380. The maximum atomic E-state index is 12.1. The van der Waals surface area contributed by atoms with E-state index in [1.54, 1.807) is 0 Å². The Morgan fingerprint density at radius 2 is 2.39 bits per heavy atom. The van der Waals surface area contributed by atoms with Crippen LogP contribution in [0.25, 0.3) is 0 Å². The predicted octanol–water partition coefficient (Wildman–Crippen LogP) is 0.450. The first kappa shape index (κ1) is 14.5. The molecule has 3 N–H and O–H groups in total. The molecule has 0 bridgehead atoms. The third kappa shape index (κ3) is 4.76. The summed E-state index contributed by atoms with van der Waals surface area (Å²) in [5.74, 6) is -0.302. The van der Waals surface area contributed by atoms with E-state index in [9.17, 15) is 13.6 Å². The number of nitrogens with zero attached hydrogens (tertiary/aromatic N) is 2. The minimum Gasteiger partial charge on any atom is -0.380 e. The first-order valence-electron chi connectivity index (χ1n) is 5.38. The predicted molar refractivity (Wildman–Crippen MR) is 61.3 cm³/mol. The van der Waals surface area contributed by atoms with E-state index in [2.05, 4.69) is 10.4 Å². The highest BCUT2D eigenvalue weighted by Crippen LogP contribution is 2.08. The molecule has 0 aliphatic carbocycles. The number of methoxy groups -OCH3 is 1. The molecule has 1 unspecified atom stereocenters. The normalized spacial score (nSPS) is 12.7. The van der Waals surface area contributed by atoms with Gasteiger partial charge in [-0.25, -0.2) is 8.78 Å². The van der Waals surface area contributed by atoms with Crippen LogP contribution in [0.2, 0.25) is 0 Å². The summed E-state index contributed by atoms with van der Waals surface area (Å²) in [5, 5.41) is 6.23. The first-order valence-corrected chi connectivity index (χ1v) is 5.38. The van der Waals surface area contributed by atoms with Gasteiger partial charge in [0.25, 0.3) is 6.43 Å². The lowest BCUT2D eigenvalue weighted by Gasteiger charge is -2.11. The molecule has 1 heterocycles. The van der Waals surface area contributed by atoms with E-state index >= 15 is 0 Å². The van der Waals surface area contributed by atoms with Gasteiger partial charge in [0.05, 0.1) is 24.4 Å². The Morgan fingerprint density at radius 3 is 2.94 bits per heavy atom. The molecule has 0 spiro atoms. The van der Waals surface area contributed by atoms with Gasteiger partial charge in [-0.3, -0.25) is 9.48 Å². The van der Waals surface area contributed by atoms with Gasteiger partial charge in [-0.2, -0.15) is 5.10 Å². The maximum absolute atomic E-state index is 12.1. The lowest BCUT2D eigenvalue weighted by atomic mass is 10.2. The van der Waals surface area contributed by atoms with Gasteiger partial charge < -0.3 is 15.8 Å². The molecule has 1 amide bonds. The second kappa shape index (κ2) is 7.02. The van der Waals surface area contributed by atoms with Crippen LogP contribution < -0.4 is 11.1 Å². The lowest BCUT2D eigenvalue weighted by Crippen LogP contribution is -2.28. The van der Waals surface area contributed by atoms with Crippen molar-refractivity contribution in [2.24, 2.45) is 5.73 Å². The van der Waals surface area contributed by atoms with Crippen molar-refractivity contribution in [2.45, 2.75) is 25.5 Å². The van der Waals surface area contributed by atoms with Gasteiger partial charge in [-0.1, -0.05) is 0 Å². The van der Waals surface area contributed by atoms with E-state index in [0.717, 1.165) is 4.68 Å². The molecule has 1 rings (SSSR count). The van der Waals surface area contributed by atoms with Crippen LogP contribution in [0.1, 0.15) is 6.42 Å². The molecule has 0 saturated heterocycles. The molecule has 0 aromatic carbocycles. The number of nitrogens with one attached hydrogen (secondary N) is 1. The highest BCUT2D eigenvalue weighted by atomic mass is 19.3. The molecule has 0 fully saturated rings. The molecule has 0 aliphatic rings. The zero-order valence-corrected chi connectivity index (χ0v) is 9.97. The van der Waals surface area contributed by atoms with Crippen LogP contribution in [0.5, 0.6) is 0 Å². The minimum absolute atomic E-state index is 0.104. The fraction of sp³-hybridized carbons (Fsp3) is 0.600. The van der Waals surface area contributed by atoms with E-state index in [0.29, 0.717) is 5.69 Å². The molecule has 1 aromatic heterocycles. The number of alkyl halides is 2. The molecule has 102 valence electrons. The number of amides is 1. The number of rotatable bonds is 7. The molecule has 18 heavy (non-hydrogen) atoms. The number of hydrogen-bond acceptors (Lipinski definition) is 4. The monoisotopic (exact) mass is 262 g/mol. The van der Waals surface area contributed by atoms with Gasteiger partial charge in [0.2, 0.25) is 5.91 Å². The Kier molecular flexibility index (Phi) is 5.66. The summed E-state index contributed by atoms with van der Waals surface area (Å²) in [4.78, 5) is 11.5. The standard InChI is InChI=1S/C10H16F2N4O2/c1-18-8(3-13)2-10(17)15-7-4-14-16(5-7)6-9(11)12/h4-5,8-9H,2-3,6,13H2,1H3,(H,15,17). The van der Waals surface area contributed by atoms with E-state index in [1.165, 1.54) is 19.5 Å². The summed E-state index contributed by atoms with van der Waals surface area (Å²) in [6.07, 6.45) is -0.0871. The average molecular weight is 262 g/mol. The van der Waals surface area contributed by atoms with E-state index < -0.39 is 13.0 Å². The van der Waals surface area contributed by atoms with Gasteiger partial charge in [-0.15, -0.1) is 0 Å². The number of carbonyl (C=O) groups is 1. The van der Waals surface area contributed by atoms with Crippen molar-refractivity contribution in [3.05, 3.63) is 12.4 Å². The van der Waals surface area contributed by atoms with Crippen molar-refractivity contribution in [1.82, 2.24) is 9.78 Å². The Balaban J connectivity index is 2.46. The van der Waals surface area contributed by atoms with Gasteiger partial charge in [0, 0.05) is 19.9 Å². The topological polar surface area (TPSA) is 82.2 Å². The van der Waals surface area contributed by atoms with Crippen molar-refractivity contribution in [1.29, 1.82) is 0 Å². The molecule has 0 aliphatic heterocycles. The molecule has 0 radical (unpaired) electrons. The largest absolute Gasteiger partial charge is 0.380 e. The van der Waals surface area contributed by atoms with E-state index in [-0.39, 0.29) is 25.0 Å². The fourth-order valence-electron chi connectivity index (χ4n) is 1.35. The number of nitrogens with two attached hydrogens (primary N) is 1. The molecular weight excluding hydrogens is 246 g/mol. The zero-order valence-electron chi connectivity index (χ0n) is 9.97. The Morgan fingerprint density at radius 1 is 1.67 bits per heavy atom. The molecule has 0 saturated carbocycles. The third-order valence-corrected chi connectivity index (χ3v) is 2.25. The van der Waals surface area contributed by atoms with Crippen LogP contribution in [-0.4, -0.2) is 41.9 Å². The summed E-state index contributed by atoms with van der Waals surface area (Å²) in [7, 11) is 1.46. The van der Waals surface area contributed by atoms with Crippen molar-refractivity contribution in [3.63, 3.8) is 0 Å². The van der Waals surface area contributed by atoms with Gasteiger partial charge in [0.15, 0.2) is 0 Å². The summed E-state index contributed by atoms with van der Waals surface area (Å²) in [5.41, 5.74) is 5.75. The van der Waals surface area contributed by atoms with Gasteiger partial charge >= 0.3 is 0 Å². The SMILES string of the molecule is COC(CN)CC(=O)Nc1cnn(CC(F)F)c1. The number of aromatic nitrogens is 2. The molecule has 1 atom stereocenters. The lowest BCUT2D eigenvalue weighted by molar-refractivity contribution is -0.118. The van der Waals surface area contributed by atoms with Crippen LogP contribution >= 0.6 is 0 Å². The van der Waals surface area contributed by atoms with E-state index in [4.69, 9.17) is 10.5 Å². The fourth-order valence-corrected chi connectivity index (χ4v) is 1.35. The second-order valence-electron chi connectivity index (χ2n) is 3.69. The van der Waals surface area contributed by atoms with Crippen LogP contribution in [0.15, 0.2) is 12.4 Å². The van der Waals surface area contributed by atoms with Crippen molar-refractivity contribution in [3.8, 4) is 0 Å². The zero-order chi connectivity index (χ0) is 13.5.